The van der Waals surface area contributed by atoms with Crippen LogP contribution in [-0.4, -0.2) is 49.1 Å². The van der Waals surface area contributed by atoms with Crippen LogP contribution in [0.1, 0.15) is 38.5 Å². The van der Waals surface area contributed by atoms with Crippen LogP contribution in [-0.2, 0) is 14.3 Å². The van der Waals surface area contributed by atoms with Gasteiger partial charge in [0.1, 0.15) is 6.04 Å². The Hall–Kier alpha value is -1.10. The fraction of sp³-hybridized carbons (Fsp3) is 0.846. The van der Waals surface area contributed by atoms with E-state index in [1.165, 1.54) is 7.11 Å². The molecule has 0 bridgehead atoms. The number of amides is 1. The summed E-state index contributed by atoms with van der Waals surface area (Å²) in [4.78, 5) is 25.4. The molecule has 5 nitrogen and oxygen atoms in total. The third-order valence-electron chi connectivity index (χ3n) is 3.66. The highest BCUT2D eigenvalue weighted by Gasteiger charge is 2.30. The number of hydrogen-bond acceptors (Lipinski definition) is 4. The third-order valence-corrected chi connectivity index (χ3v) is 3.66. The zero-order chi connectivity index (χ0) is 13.0. The smallest absolute Gasteiger partial charge is 0.323 e. The summed E-state index contributed by atoms with van der Waals surface area (Å²) >= 11 is 0. The van der Waals surface area contributed by atoms with Crippen molar-refractivity contribution < 1.29 is 14.3 Å². The van der Waals surface area contributed by atoms with E-state index in [-0.39, 0.29) is 17.9 Å². The summed E-state index contributed by atoms with van der Waals surface area (Å²) in [7, 11) is 1.43. The van der Waals surface area contributed by atoms with E-state index >= 15 is 0 Å². The molecule has 1 aliphatic carbocycles. The lowest BCUT2D eigenvalue weighted by molar-refractivity contribution is -0.148. The minimum absolute atomic E-state index is 0.103. The second-order valence-electron chi connectivity index (χ2n) is 5.16. The Morgan fingerprint density at radius 2 is 2.06 bits per heavy atom. The maximum absolute atomic E-state index is 11.6. The van der Waals surface area contributed by atoms with E-state index in [4.69, 9.17) is 4.74 Å². The number of hydrogen-bond donors (Lipinski definition) is 1. The van der Waals surface area contributed by atoms with Gasteiger partial charge in [0.25, 0.3) is 0 Å². The van der Waals surface area contributed by atoms with Crippen LogP contribution in [0.3, 0.4) is 0 Å². The van der Waals surface area contributed by atoms with Crippen LogP contribution >= 0.6 is 0 Å². The number of carbonyl (C=O) groups excluding carboxylic acids is 2. The molecule has 5 heteroatoms. The SMILES string of the molecule is COC(=O)[C@H]1CCCCN1CCC(=O)NC1CC1. The minimum atomic E-state index is -0.169. The molecule has 0 aromatic heterocycles. The van der Waals surface area contributed by atoms with Crippen molar-refractivity contribution in [1.82, 2.24) is 10.2 Å². The molecule has 0 aromatic carbocycles. The van der Waals surface area contributed by atoms with Crippen molar-refractivity contribution >= 4 is 11.9 Å². The van der Waals surface area contributed by atoms with Crippen molar-refractivity contribution in [2.24, 2.45) is 0 Å². The molecule has 1 aliphatic heterocycles. The third kappa shape index (κ3) is 3.70. The number of esters is 1. The van der Waals surface area contributed by atoms with E-state index in [2.05, 4.69) is 10.2 Å². The number of likely N-dealkylation sites (tertiary alicyclic amines) is 1. The van der Waals surface area contributed by atoms with E-state index < -0.39 is 0 Å². The molecule has 0 spiro atoms. The summed E-state index contributed by atoms with van der Waals surface area (Å²) < 4.78 is 4.82. The molecule has 1 amide bonds. The Morgan fingerprint density at radius 3 is 2.72 bits per heavy atom. The molecule has 1 atom stereocenters. The molecule has 0 radical (unpaired) electrons. The van der Waals surface area contributed by atoms with Gasteiger partial charge in [-0.05, 0) is 32.2 Å². The minimum Gasteiger partial charge on any atom is -0.468 e. The van der Waals surface area contributed by atoms with Gasteiger partial charge in [0, 0.05) is 19.0 Å². The summed E-state index contributed by atoms with van der Waals surface area (Å²) in [5.74, 6) is -0.0657. The van der Waals surface area contributed by atoms with Crippen molar-refractivity contribution in [2.45, 2.75) is 50.6 Å². The fourth-order valence-corrected chi connectivity index (χ4v) is 2.43. The van der Waals surface area contributed by atoms with E-state index in [1.807, 2.05) is 0 Å². The molecule has 1 saturated heterocycles. The maximum Gasteiger partial charge on any atom is 0.323 e. The summed E-state index contributed by atoms with van der Waals surface area (Å²) in [6.45, 7) is 1.54. The van der Waals surface area contributed by atoms with Gasteiger partial charge in [-0.15, -0.1) is 0 Å². The predicted molar refractivity (Wildman–Crippen MR) is 67.0 cm³/mol. The lowest BCUT2D eigenvalue weighted by Gasteiger charge is -2.33. The molecule has 1 heterocycles. The van der Waals surface area contributed by atoms with Gasteiger partial charge in [0.05, 0.1) is 7.11 Å². The van der Waals surface area contributed by atoms with E-state index in [0.717, 1.165) is 38.6 Å². The van der Waals surface area contributed by atoms with Crippen LogP contribution in [0.25, 0.3) is 0 Å². The van der Waals surface area contributed by atoms with Gasteiger partial charge in [-0.25, -0.2) is 0 Å². The molecule has 102 valence electrons. The topological polar surface area (TPSA) is 58.6 Å². The van der Waals surface area contributed by atoms with Crippen molar-refractivity contribution in [3.8, 4) is 0 Å². The first-order chi connectivity index (χ1) is 8.70. The first-order valence-corrected chi connectivity index (χ1v) is 6.82. The van der Waals surface area contributed by atoms with E-state index in [1.54, 1.807) is 0 Å². The first kappa shape index (κ1) is 13.3. The summed E-state index contributed by atoms with van der Waals surface area (Å²) in [6, 6.07) is 0.257. The molecule has 2 rings (SSSR count). The van der Waals surface area contributed by atoms with Gasteiger partial charge < -0.3 is 10.1 Å². The number of carbonyl (C=O) groups is 2. The molecular weight excluding hydrogens is 232 g/mol. The zero-order valence-electron chi connectivity index (χ0n) is 11.0. The molecule has 0 aromatic rings. The van der Waals surface area contributed by atoms with Crippen LogP contribution in [0.15, 0.2) is 0 Å². The van der Waals surface area contributed by atoms with Gasteiger partial charge in [-0.2, -0.15) is 0 Å². The Labute approximate surface area is 108 Å². The zero-order valence-corrected chi connectivity index (χ0v) is 11.0. The van der Waals surface area contributed by atoms with E-state index in [0.29, 0.717) is 19.0 Å². The summed E-state index contributed by atoms with van der Waals surface area (Å²) in [6.07, 6.45) is 5.70. The highest BCUT2D eigenvalue weighted by Crippen LogP contribution is 2.20. The number of rotatable bonds is 5. The average molecular weight is 254 g/mol. The van der Waals surface area contributed by atoms with Crippen LogP contribution in [0.2, 0.25) is 0 Å². The Balaban J connectivity index is 1.77. The molecule has 18 heavy (non-hydrogen) atoms. The van der Waals surface area contributed by atoms with E-state index in [9.17, 15) is 9.59 Å². The van der Waals surface area contributed by atoms with Gasteiger partial charge in [-0.1, -0.05) is 6.42 Å². The van der Waals surface area contributed by atoms with Gasteiger partial charge in [0.2, 0.25) is 5.91 Å². The Morgan fingerprint density at radius 1 is 1.28 bits per heavy atom. The quantitative estimate of drug-likeness (QED) is 0.733. The Kier molecular flexibility index (Phi) is 4.58. The highest BCUT2D eigenvalue weighted by atomic mass is 16.5. The fourth-order valence-electron chi connectivity index (χ4n) is 2.43. The number of methoxy groups -OCH3 is 1. The molecular formula is C13H22N2O3. The maximum atomic E-state index is 11.6. The first-order valence-electron chi connectivity index (χ1n) is 6.82. The number of piperidine rings is 1. The molecule has 0 unspecified atom stereocenters. The van der Waals surface area contributed by atoms with Crippen molar-refractivity contribution in [3.05, 3.63) is 0 Å². The average Bonchev–Trinajstić information content (AvgIpc) is 3.19. The lowest BCUT2D eigenvalue weighted by Crippen LogP contribution is -2.46. The normalized spacial score (nSPS) is 24.6. The second kappa shape index (κ2) is 6.18. The van der Waals surface area contributed by atoms with Crippen molar-refractivity contribution in [3.63, 3.8) is 0 Å². The summed E-state index contributed by atoms with van der Waals surface area (Å²) in [5.41, 5.74) is 0. The Bertz CT molecular complexity index is 315. The summed E-state index contributed by atoms with van der Waals surface area (Å²) in [5, 5.41) is 2.97. The van der Waals surface area contributed by atoms with Gasteiger partial charge in [0.15, 0.2) is 0 Å². The van der Waals surface area contributed by atoms with Gasteiger partial charge >= 0.3 is 5.97 Å². The number of nitrogens with one attached hydrogen (secondary N) is 1. The van der Waals surface area contributed by atoms with Crippen molar-refractivity contribution in [2.75, 3.05) is 20.2 Å². The number of ether oxygens (including phenoxy) is 1. The molecule has 2 aliphatic rings. The van der Waals surface area contributed by atoms with Crippen molar-refractivity contribution in [1.29, 1.82) is 0 Å². The predicted octanol–water partition coefficient (Wildman–Crippen LogP) is 0.683. The van der Waals surface area contributed by atoms with Crippen LogP contribution in [0.5, 0.6) is 0 Å². The second-order valence-corrected chi connectivity index (χ2v) is 5.16. The molecule has 1 N–H and O–H groups in total. The number of nitrogens with zero attached hydrogens (tertiary/aromatic N) is 1. The molecule has 1 saturated carbocycles. The van der Waals surface area contributed by atoms with Crippen LogP contribution in [0.4, 0.5) is 0 Å². The lowest BCUT2D eigenvalue weighted by atomic mass is 10.0. The standard InChI is InChI=1S/C13H22N2O3/c1-18-13(17)11-4-2-3-8-15(11)9-7-12(16)14-10-5-6-10/h10-11H,2-9H2,1H3,(H,14,16)/t11-/m1/s1. The molecule has 2 fully saturated rings. The van der Waals surface area contributed by atoms with Crippen LogP contribution in [0, 0.1) is 0 Å². The van der Waals surface area contributed by atoms with Crippen LogP contribution < -0.4 is 5.32 Å². The highest BCUT2D eigenvalue weighted by molar-refractivity contribution is 5.77. The monoisotopic (exact) mass is 254 g/mol. The van der Waals surface area contributed by atoms with Gasteiger partial charge in [-0.3, -0.25) is 14.5 Å². The largest absolute Gasteiger partial charge is 0.468 e.